The third-order valence-electron chi connectivity index (χ3n) is 2.57. The monoisotopic (exact) mass is 306 g/mol. The summed E-state index contributed by atoms with van der Waals surface area (Å²) in [4.78, 5) is 4.36. The molecule has 1 aromatic carbocycles. The van der Waals surface area contributed by atoms with Crippen LogP contribution in [0.15, 0.2) is 40.9 Å². The van der Waals surface area contributed by atoms with Gasteiger partial charge in [0.2, 0.25) is 0 Å². The maximum atomic E-state index is 5.75. The number of aromatic nitrogens is 1. The summed E-state index contributed by atoms with van der Waals surface area (Å²) in [5.41, 5.74) is 8.52. The van der Waals surface area contributed by atoms with E-state index < -0.39 is 0 Å². The number of hydrogen-bond donors (Lipinski definition) is 1. The van der Waals surface area contributed by atoms with Crippen LogP contribution in [0.1, 0.15) is 17.0 Å². The number of hydrogen-bond acceptors (Lipinski definition) is 3. The van der Waals surface area contributed by atoms with E-state index in [1.807, 2.05) is 43.3 Å². The van der Waals surface area contributed by atoms with E-state index in [4.69, 9.17) is 10.5 Å². The van der Waals surface area contributed by atoms with Gasteiger partial charge in [0, 0.05) is 16.7 Å². The van der Waals surface area contributed by atoms with Gasteiger partial charge >= 0.3 is 0 Å². The van der Waals surface area contributed by atoms with Crippen LogP contribution in [-0.4, -0.2) is 4.98 Å². The molecule has 0 saturated carbocycles. The normalized spacial score (nSPS) is 10.4. The SMILES string of the molecule is Cc1ccc(OCc2ccc(Br)cc2)c(CN)n1. The first-order valence-electron chi connectivity index (χ1n) is 5.73. The topological polar surface area (TPSA) is 48.1 Å². The Bertz CT molecular complexity index is 526. The number of pyridine rings is 1. The molecule has 0 aliphatic rings. The first-order chi connectivity index (χ1) is 8.69. The van der Waals surface area contributed by atoms with Gasteiger partial charge in [0.25, 0.3) is 0 Å². The van der Waals surface area contributed by atoms with E-state index in [0.717, 1.165) is 27.2 Å². The van der Waals surface area contributed by atoms with E-state index in [9.17, 15) is 0 Å². The largest absolute Gasteiger partial charge is 0.487 e. The van der Waals surface area contributed by atoms with E-state index in [0.29, 0.717) is 13.2 Å². The van der Waals surface area contributed by atoms with Crippen molar-refractivity contribution in [2.24, 2.45) is 5.73 Å². The predicted molar refractivity (Wildman–Crippen MR) is 75.3 cm³/mol. The second-order valence-electron chi connectivity index (χ2n) is 4.02. The van der Waals surface area contributed by atoms with Crippen LogP contribution in [0.25, 0.3) is 0 Å². The van der Waals surface area contributed by atoms with Gasteiger partial charge in [-0.2, -0.15) is 0 Å². The maximum absolute atomic E-state index is 5.75. The molecule has 0 bridgehead atoms. The molecule has 0 aliphatic heterocycles. The fourth-order valence-electron chi connectivity index (χ4n) is 1.62. The van der Waals surface area contributed by atoms with Crippen molar-refractivity contribution in [3.63, 3.8) is 0 Å². The zero-order chi connectivity index (χ0) is 13.0. The van der Waals surface area contributed by atoms with Crippen LogP contribution in [-0.2, 0) is 13.2 Å². The van der Waals surface area contributed by atoms with Gasteiger partial charge in [0.15, 0.2) is 0 Å². The number of ether oxygens (including phenoxy) is 1. The van der Waals surface area contributed by atoms with Crippen LogP contribution in [0.2, 0.25) is 0 Å². The fourth-order valence-corrected chi connectivity index (χ4v) is 1.88. The van der Waals surface area contributed by atoms with Gasteiger partial charge in [0.1, 0.15) is 12.4 Å². The highest BCUT2D eigenvalue weighted by atomic mass is 79.9. The molecule has 94 valence electrons. The highest BCUT2D eigenvalue weighted by Gasteiger charge is 2.04. The number of nitrogens with zero attached hydrogens (tertiary/aromatic N) is 1. The third kappa shape index (κ3) is 3.31. The third-order valence-corrected chi connectivity index (χ3v) is 3.10. The average Bonchev–Trinajstić information content (AvgIpc) is 2.39. The van der Waals surface area contributed by atoms with Gasteiger partial charge in [0.05, 0.1) is 5.69 Å². The van der Waals surface area contributed by atoms with Gasteiger partial charge in [-0.1, -0.05) is 28.1 Å². The fraction of sp³-hybridized carbons (Fsp3) is 0.214. The number of rotatable bonds is 4. The molecule has 2 rings (SSSR count). The lowest BCUT2D eigenvalue weighted by atomic mass is 10.2. The van der Waals surface area contributed by atoms with Crippen molar-refractivity contribution in [1.29, 1.82) is 0 Å². The lowest BCUT2D eigenvalue weighted by Gasteiger charge is -2.10. The maximum Gasteiger partial charge on any atom is 0.142 e. The highest BCUT2D eigenvalue weighted by molar-refractivity contribution is 9.10. The Balaban J connectivity index is 2.08. The minimum absolute atomic E-state index is 0.386. The molecule has 0 unspecified atom stereocenters. The van der Waals surface area contributed by atoms with Crippen LogP contribution in [0.4, 0.5) is 0 Å². The molecule has 18 heavy (non-hydrogen) atoms. The summed E-state index contributed by atoms with van der Waals surface area (Å²) < 4.78 is 6.81. The minimum atomic E-state index is 0.386. The second-order valence-corrected chi connectivity index (χ2v) is 4.93. The minimum Gasteiger partial charge on any atom is -0.487 e. The van der Waals surface area contributed by atoms with Crippen molar-refractivity contribution in [3.8, 4) is 5.75 Å². The summed E-state index contributed by atoms with van der Waals surface area (Å²) in [5, 5.41) is 0. The van der Waals surface area contributed by atoms with Crippen molar-refractivity contribution < 1.29 is 4.74 Å². The molecule has 0 fully saturated rings. The molecule has 2 aromatic rings. The lowest BCUT2D eigenvalue weighted by Crippen LogP contribution is -2.05. The predicted octanol–water partition coefficient (Wildman–Crippen LogP) is 3.19. The first kappa shape index (κ1) is 13.1. The summed E-state index contributed by atoms with van der Waals surface area (Å²) >= 11 is 3.40. The van der Waals surface area contributed by atoms with Gasteiger partial charge in [-0.15, -0.1) is 0 Å². The zero-order valence-corrected chi connectivity index (χ0v) is 11.8. The molecule has 0 spiro atoms. The van der Waals surface area contributed by atoms with Crippen molar-refractivity contribution in [1.82, 2.24) is 4.98 Å². The molecule has 1 aromatic heterocycles. The number of aryl methyl sites for hydroxylation is 1. The Morgan fingerprint density at radius 3 is 2.56 bits per heavy atom. The summed E-state index contributed by atoms with van der Waals surface area (Å²) in [7, 11) is 0. The molecular formula is C14H15BrN2O. The smallest absolute Gasteiger partial charge is 0.142 e. The zero-order valence-electron chi connectivity index (χ0n) is 10.2. The molecule has 3 nitrogen and oxygen atoms in total. The Kier molecular flexibility index (Phi) is 4.33. The molecular weight excluding hydrogens is 292 g/mol. The van der Waals surface area contributed by atoms with E-state index in [-0.39, 0.29) is 0 Å². The molecule has 4 heteroatoms. The standard InChI is InChI=1S/C14H15BrN2O/c1-10-2-7-14(13(8-16)17-10)18-9-11-3-5-12(15)6-4-11/h2-7H,8-9,16H2,1H3. The Hall–Kier alpha value is -1.39. The first-order valence-corrected chi connectivity index (χ1v) is 6.52. The van der Waals surface area contributed by atoms with E-state index in [1.165, 1.54) is 0 Å². The summed E-state index contributed by atoms with van der Waals surface area (Å²) in [6.07, 6.45) is 0. The molecule has 0 aliphatic carbocycles. The number of benzene rings is 1. The lowest BCUT2D eigenvalue weighted by molar-refractivity contribution is 0.301. The Morgan fingerprint density at radius 2 is 1.89 bits per heavy atom. The summed E-state index contributed by atoms with van der Waals surface area (Å²) in [6, 6.07) is 11.9. The van der Waals surface area contributed by atoms with Crippen LogP contribution < -0.4 is 10.5 Å². The van der Waals surface area contributed by atoms with Crippen molar-refractivity contribution >= 4 is 15.9 Å². The van der Waals surface area contributed by atoms with Crippen molar-refractivity contribution in [3.05, 3.63) is 57.8 Å². The Morgan fingerprint density at radius 1 is 1.17 bits per heavy atom. The van der Waals surface area contributed by atoms with Crippen LogP contribution >= 0.6 is 15.9 Å². The van der Waals surface area contributed by atoms with Gasteiger partial charge in [-0.25, -0.2) is 0 Å². The quantitative estimate of drug-likeness (QED) is 0.943. The molecule has 1 heterocycles. The van der Waals surface area contributed by atoms with E-state index >= 15 is 0 Å². The Labute approximate surface area is 115 Å². The summed E-state index contributed by atoms with van der Waals surface area (Å²) in [6.45, 7) is 2.85. The molecule has 0 amide bonds. The van der Waals surface area contributed by atoms with Crippen molar-refractivity contribution in [2.75, 3.05) is 0 Å². The summed E-state index contributed by atoms with van der Waals surface area (Å²) in [5.74, 6) is 0.756. The van der Waals surface area contributed by atoms with Crippen LogP contribution in [0.5, 0.6) is 5.75 Å². The average molecular weight is 307 g/mol. The van der Waals surface area contributed by atoms with E-state index in [2.05, 4.69) is 20.9 Å². The van der Waals surface area contributed by atoms with Gasteiger partial charge < -0.3 is 10.5 Å². The molecule has 0 saturated heterocycles. The highest BCUT2D eigenvalue weighted by Crippen LogP contribution is 2.18. The van der Waals surface area contributed by atoms with Crippen LogP contribution in [0.3, 0.4) is 0 Å². The molecule has 0 atom stereocenters. The van der Waals surface area contributed by atoms with Gasteiger partial charge in [-0.3, -0.25) is 4.98 Å². The number of halogens is 1. The molecule has 2 N–H and O–H groups in total. The van der Waals surface area contributed by atoms with Crippen LogP contribution in [0, 0.1) is 6.92 Å². The van der Waals surface area contributed by atoms with Gasteiger partial charge in [-0.05, 0) is 36.8 Å². The van der Waals surface area contributed by atoms with Crippen molar-refractivity contribution in [2.45, 2.75) is 20.1 Å². The van der Waals surface area contributed by atoms with E-state index in [1.54, 1.807) is 0 Å². The molecule has 0 radical (unpaired) electrons. The number of nitrogens with two attached hydrogens (primary N) is 1. The second kappa shape index (κ2) is 5.98.